The van der Waals surface area contributed by atoms with Crippen LogP contribution in [-0.2, 0) is 0 Å². The van der Waals surface area contributed by atoms with Crippen LogP contribution in [0.4, 0.5) is 5.69 Å². The standard InChI is InChI=1S/C15H20ClN/c16-13-6-8-15(9-7-13)17(14-2-1-3-14)11-10-12-4-5-12/h6-9,12,14H,1-5,10-11H2. The quantitative estimate of drug-likeness (QED) is 0.743. The van der Waals surface area contributed by atoms with Crippen molar-refractivity contribution in [1.82, 2.24) is 0 Å². The van der Waals surface area contributed by atoms with Crippen molar-refractivity contribution in [3.05, 3.63) is 29.3 Å². The molecule has 1 aromatic carbocycles. The summed E-state index contributed by atoms with van der Waals surface area (Å²) in [7, 11) is 0. The highest BCUT2D eigenvalue weighted by Crippen LogP contribution is 2.35. The van der Waals surface area contributed by atoms with E-state index >= 15 is 0 Å². The summed E-state index contributed by atoms with van der Waals surface area (Å²) >= 11 is 5.96. The minimum Gasteiger partial charge on any atom is -0.369 e. The van der Waals surface area contributed by atoms with E-state index in [4.69, 9.17) is 11.6 Å². The number of hydrogen-bond acceptors (Lipinski definition) is 1. The van der Waals surface area contributed by atoms with Crippen LogP contribution in [0.2, 0.25) is 5.02 Å². The van der Waals surface area contributed by atoms with Crippen molar-refractivity contribution in [2.24, 2.45) is 5.92 Å². The van der Waals surface area contributed by atoms with Crippen molar-refractivity contribution in [3.8, 4) is 0 Å². The molecule has 2 aliphatic rings. The molecule has 0 N–H and O–H groups in total. The van der Waals surface area contributed by atoms with E-state index in [0.29, 0.717) is 0 Å². The molecule has 0 unspecified atom stereocenters. The Morgan fingerprint density at radius 3 is 2.29 bits per heavy atom. The Hall–Kier alpha value is -0.690. The van der Waals surface area contributed by atoms with Gasteiger partial charge in [0, 0.05) is 23.3 Å². The summed E-state index contributed by atoms with van der Waals surface area (Å²) < 4.78 is 0. The Labute approximate surface area is 109 Å². The summed E-state index contributed by atoms with van der Waals surface area (Å²) in [5, 5.41) is 0.838. The fraction of sp³-hybridized carbons (Fsp3) is 0.600. The van der Waals surface area contributed by atoms with Crippen LogP contribution in [0.1, 0.15) is 38.5 Å². The van der Waals surface area contributed by atoms with Gasteiger partial charge in [0.1, 0.15) is 0 Å². The summed E-state index contributed by atoms with van der Waals surface area (Å²) in [5.74, 6) is 1.02. The Kier molecular flexibility index (Phi) is 3.28. The fourth-order valence-corrected chi connectivity index (χ4v) is 2.71. The zero-order chi connectivity index (χ0) is 11.7. The summed E-state index contributed by atoms with van der Waals surface area (Å²) in [6.45, 7) is 1.23. The van der Waals surface area contributed by atoms with Crippen LogP contribution in [0.3, 0.4) is 0 Å². The van der Waals surface area contributed by atoms with Gasteiger partial charge in [-0.05, 0) is 55.9 Å². The highest BCUT2D eigenvalue weighted by Gasteiger charge is 2.28. The van der Waals surface area contributed by atoms with Gasteiger partial charge in [-0.1, -0.05) is 24.4 Å². The van der Waals surface area contributed by atoms with E-state index in [2.05, 4.69) is 17.0 Å². The van der Waals surface area contributed by atoms with Gasteiger partial charge in [-0.15, -0.1) is 0 Å². The van der Waals surface area contributed by atoms with Crippen LogP contribution in [-0.4, -0.2) is 12.6 Å². The van der Waals surface area contributed by atoms with Crippen LogP contribution in [0.15, 0.2) is 24.3 Å². The van der Waals surface area contributed by atoms with E-state index in [9.17, 15) is 0 Å². The largest absolute Gasteiger partial charge is 0.369 e. The van der Waals surface area contributed by atoms with Crippen LogP contribution < -0.4 is 4.90 Å². The molecular weight excluding hydrogens is 230 g/mol. The Morgan fingerprint density at radius 2 is 1.76 bits per heavy atom. The van der Waals surface area contributed by atoms with Gasteiger partial charge in [0.05, 0.1) is 0 Å². The molecule has 0 aliphatic heterocycles. The number of benzene rings is 1. The summed E-state index contributed by atoms with van der Waals surface area (Å²) in [4.78, 5) is 2.61. The van der Waals surface area contributed by atoms with Crippen LogP contribution in [0.25, 0.3) is 0 Å². The number of halogens is 1. The van der Waals surface area contributed by atoms with Crippen LogP contribution in [0.5, 0.6) is 0 Å². The van der Waals surface area contributed by atoms with Crippen molar-refractivity contribution in [3.63, 3.8) is 0 Å². The molecule has 0 spiro atoms. The highest BCUT2D eigenvalue weighted by atomic mass is 35.5. The van der Waals surface area contributed by atoms with E-state index in [0.717, 1.165) is 17.0 Å². The maximum absolute atomic E-state index is 5.96. The normalized spacial score (nSPS) is 20.1. The van der Waals surface area contributed by atoms with Gasteiger partial charge in [-0.2, -0.15) is 0 Å². The number of hydrogen-bond donors (Lipinski definition) is 0. The maximum atomic E-state index is 5.96. The second-order valence-corrected chi connectivity index (χ2v) is 5.92. The van der Waals surface area contributed by atoms with Gasteiger partial charge in [-0.3, -0.25) is 0 Å². The van der Waals surface area contributed by atoms with E-state index in [1.807, 2.05) is 12.1 Å². The molecule has 0 aromatic heterocycles. The lowest BCUT2D eigenvalue weighted by Gasteiger charge is -2.39. The molecule has 2 fully saturated rings. The Morgan fingerprint density at radius 1 is 1.06 bits per heavy atom. The molecule has 2 aliphatic carbocycles. The van der Waals surface area contributed by atoms with Gasteiger partial charge in [-0.25, -0.2) is 0 Å². The average Bonchev–Trinajstić information content (AvgIpc) is 3.06. The van der Waals surface area contributed by atoms with E-state index in [1.54, 1.807) is 0 Å². The second kappa shape index (κ2) is 4.89. The zero-order valence-corrected chi connectivity index (χ0v) is 11.0. The predicted octanol–water partition coefficient (Wildman–Crippen LogP) is 4.50. The van der Waals surface area contributed by atoms with Crippen molar-refractivity contribution in [1.29, 1.82) is 0 Å². The van der Waals surface area contributed by atoms with Gasteiger partial charge < -0.3 is 4.90 Å². The third-order valence-electron chi connectivity index (χ3n) is 4.15. The van der Waals surface area contributed by atoms with Crippen LogP contribution in [0, 0.1) is 5.92 Å². The highest BCUT2D eigenvalue weighted by molar-refractivity contribution is 6.30. The first kappa shape index (κ1) is 11.4. The molecule has 0 bridgehead atoms. The van der Waals surface area contributed by atoms with Crippen molar-refractivity contribution >= 4 is 17.3 Å². The molecule has 0 amide bonds. The van der Waals surface area contributed by atoms with Gasteiger partial charge >= 0.3 is 0 Å². The minimum atomic E-state index is 0.787. The van der Waals surface area contributed by atoms with E-state index in [-0.39, 0.29) is 0 Å². The molecule has 0 saturated heterocycles. The smallest absolute Gasteiger partial charge is 0.0407 e. The molecule has 0 heterocycles. The molecule has 2 heteroatoms. The SMILES string of the molecule is Clc1ccc(N(CCC2CC2)C2CCC2)cc1. The van der Waals surface area contributed by atoms with E-state index < -0.39 is 0 Å². The number of nitrogens with zero attached hydrogens (tertiary/aromatic N) is 1. The lowest BCUT2D eigenvalue weighted by Crippen LogP contribution is -2.41. The molecule has 1 nitrogen and oxygen atoms in total. The topological polar surface area (TPSA) is 3.24 Å². The second-order valence-electron chi connectivity index (χ2n) is 5.49. The van der Waals surface area contributed by atoms with Crippen molar-refractivity contribution in [2.75, 3.05) is 11.4 Å². The molecule has 0 radical (unpaired) electrons. The summed E-state index contributed by atoms with van der Waals surface area (Å²) in [6.07, 6.45) is 8.43. The molecule has 1 aromatic rings. The van der Waals surface area contributed by atoms with Gasteiger partial charge in [0.15, 0.2) is 0 Å². The molecular formula is C15H20ClN. The summed E-state index contributed by atoms with van der Waals surface area (Å²) in [6, 6.07) is 9.16. The van der Waals surface area contributed by atoms with E-state index in [1.165, 1.54) is 50.8 Å². The molecule has 2 saturated carbocycles. The first-order valence-corrected chi connectivity index (χ1v) is 7.23. The number of rotatable bonds is 5. The molecule has 17 heavy (non-hydrogen) atoms. The van der Waals surface area contributed by atoms with Gasteiger partial charge in [0.25, 0.3) is 0 Å². The molecule has 0 atom stereocenters. The Balaban J connectivity index is 1.69. The lowest BCUT2D eigenvalue weighted by atomic mass is 9.90. The minimum absolute atomic E-state index is 0.787. The lowest BCUT2D eigenvalue weighted by molar-refractivity contribution is 0.382. The third kappa shape index (κ3) is 2.77. The zero-order valence-electron chi connectivity index (χ0n) is 10.2. The van der Waals surface area contributed by atoms with Crippen LogP contribution >= 0.6 is 11.6 Å². The fourth-order valence-electron chi connectivity index (χ4n) is 2.58. The van der Waals surface area contributed by atoms with Crippen molar-refractivity contribution < 1.29 is 0 Å². The van der Waals surface area contributed by atoms with Gasteiger partial charge in [0.2, 0.25) is 0 Å². The first-order valence-electron chi connectivity index (χ1n) is 6.85. The Bertz CT molecular complexity index is 365. The third-order valence-corrected chi connectivity index (χ3v) is 4.40. The number of anilines is 1. The maximum Gasteiger partial charge on any atom is 0.0407 e. The summed E-state index contributed by atoms with van der Waals surface area (Å²) in [5.41, 5.74) is 1.36. The average molecular weight is 250 g/mol. The molecule has 3 rings (SSSR count). The first-order chi connectivity index (χ1) is 8.33. The van der Waals surface area contributed by atoms with Crippen molar-refractivity contribution in [2.45, 2.75) is 44.6 Å². The monoisotopic (exact) mass is 249 g/mol. The molecule has 92 valence electrons. The predicted molar refractivity (Wildman–Crippen MR) is 73.8 cm³/mol.